The third kappa shape index (κ3) is 2.07. The van der Waals surface area contributed by atoms with Crippen LogP contribution in [-0.4, -0.2) is 9.97 Å². The topological polar surface area (TPSA) is 55.0 Å². The van der Waals surface area contributed by atoms with Crippen molar-refractivity contribution in [3.05, 3.63) is 67.1 Å². The molecule has 4 aromatic rings. The van der Waals surface area contributed by atoms with Crippen molar-refractivity contribution >= 4 is 0 Å². The molecule has 0 amide bonds. The number of nitrogens with zero attached hydrogens (tertiary/aromatic N) is 1. The van der Waals surface area contributed by atoms with Gasteiger partial charge in [-0.25, -0.2) is 4.98 Å². The molecule has 4 rings (SSSR count). The summed E-state index contributed by atoms with van der Waals surface area (Å²) in [5, 5.41) is 0. The van der Waals surface area contributed by atoms with Gasteiger partial charge in [-0.1, -0.05) is 30.3 Å². The molecule has 0 aliphatic heterocycles. The molecule has 1 N–H and O–H groups in total. The molecule has 0 saturated carbocycles. The second-order valence-corrected chi connectivity index (χ2v) is 4.63. The van der Waals surface area contributed by atoms with Gasteiger partial charge in [0.2, 0.25) is 0 Å². The lowest BCUT2D eigenvalue weighted by atomic mass is 10.1. The summed E-state index contributed by atoms with van der Waals surface area (Å²) >= 11 is 0. The van der Waals surface area contributed by atoms with E-state index in [-0.39, 0.29) is 0 Å². The number of imidazole rings is 1. The van der Waals surface area contributed by atoms with Crippen molar-refractivity contribution in [1.82, 2.24) is 9.97 Å². The van der Waals surface area contributed by atoms with Crippen molar-refractivity contribution in [1.29, 1.82) is 0 Å². The Morgan fingerprint density at radius 3 is 2.14 bits per heavy atom. The number of hydrogen-bond donors (Lipinski definition) is 1. The van der Waals surface area contributed by atoms with Crippen LogP contribution in [0.4, 0.5) is 0 Å². The van der Waals surface area contributed by atoms with Gasteiger partial charge in [0.25, 0.3) is 0 Å². The molecule has 4 nitrogen and oxygen atoms in total. The number of rotatable bonds is 3. The van der Waals surface area contributed by atoms with E-state index in [9.17, 15) is 0 Å². The van der Waals surface area contributed by atoms with Crippen LogP contribution in [-0.2, 0) is 0 Å². The van der Waals surface area contributed by atoms with E-state index in [0.29, 0.717) is 11.6 Å². The van der Waals surface area contributed by atoms with Gasteiger partial charge < -0.3 is 13.8 Å². The Morgan fingerprint density at radius 2 is 1.48 bits per heavy atom. The van der Waals surface area contributed by atoms with Crippen LogP contribution in [0.1, 0.15) is 0 Å². The molecule has 21 heavy (non-hydrogen) atoms. The van der Waals surface area contributed by atoms with Crippen LogP contribution in [0.25, 0.3) is 34.3 Å². The number of aromatic nitrogens is 2. The van der Waals surface area contributed by atoms with Crippen LogP contribution >= 0.6 is 0 Å². The van der Waals surface area contributed by atoms with E-state index < -0.39 is 0 Å². The first-order chi connectivity index (χ1) is 10.4. The summed E-state index contributed by atoms with van der Waals surface area (Å²) in [4.78, 5) is 7.96. The van der Waals surface area contributed by atoms with E-state index >= 15 is 0 Å². The second kappa shape index (κ2) is 4.83. The van der Waals surface area contributed by atoms with E-state index in [4.69, 9.17) is 8.83 Å². The van der Waals surface area contributed by atoms with Crippen molar-refractivity contribution in [2.24, 2.45) is 0 Å². The van der Waals surface area contributed by atoms with Crippen LogP contribution in [0.2, 0.25) is 0 Å². The van der Waals surface area contributed by atoms with E-state index in [1.165, 1.54) is 0 Å². The fourth-order valence-electron chi connectivity index (χ4n) is 2.31. The van der Waals surface area contributed by atoms with Crippen LogP contribution in [0, 0.1) is 0 Å². The highest BCUT2D eigenvalue weighted by atomic mass is 16.3. The predicted molar refractivity (Wildman–Crippen MR) is 79.4 cm³/mol. The van der Waals surface area contributed by atoms with Gasteiger partial charge in [-0.2, -0.15) is 0 Å². The largest absolute Gasteiger partial charge is 0.463 e. The van der Waals surface area contributed by atoms with Crippen molar-refractivity contribution in [3.63, 3.8) is 0 Å². The molecule has 1 aromatic carbocycles. The summed E-state index contributed by atoms with van der Waals surface area (Å²) in [6.45, 7) is 0. The fourth-order valence-corrected chi connectivity index (χ4v) is 2.31. The Morgan fingerprint density at radius 1 is 0.762 bits per heavy atom. The number of hydrogen-bond acceptors (Lipinski definition) is 3. The standard InChI is InChI=1S/C17H12N2O2/c1-2-6-12(7-3-1)15-16(13-8-4-10-20-13)19-17(18-15)14-9-5-11-21-14/h1-11H,(H,18,19). The summed E-state index contributed by atoms with van der Waals surface area (Å²) in [6.07, 6.45) is 3.28. The first-order valence-electron chi connectivity index (χ1n) is 6.65. The number of H-pyrrole nitrogens is 1. The lowest BCUT2D eigenvalue weighted by molar-refractivity contribution is 0.576. The third-order valence-electron chi connectivity index (χ3n) is 3.27. The zero-order valence-electron chi connectivity index (χ0n) is 11.1. The molecule has 0 aliphatic rings. The maximum Gasteiger partial charge on any atom is 0.174 e. The lowest BCUT2D eigenvalue weighted by Crippen LogP contribution is -1.81. The maximum atomic E-state index is 5.51. The normalized spacial score (nSPS) is 10.9. The second-order valence-electron chi connectivity index (χ2n) is 4.63. The molecule has 0 atom stereocenters. The number of benzene rings is 1. The van der Waals surface area contributed by atoms with Crippen molar-refractivity contribution < 1.29 is 8.83 Å². The smallest absolute Gasteiger partial charge is 0.174 e. The Hall–Kier alpha value is -3.01. The monoisotopic (exact) mass is 276 g/mol. The van der Waals surface area contributed by atoms with Gasteiger partial charge in [0.15, 0.2) is 17.3 Å². The molecule has 0 unspecified atom stereocenters. The molecule has 102 valence electrons. The van der Waals surface area contributed by atoms with Crippen LogP contribution < -0.4 is 0 Å². The summed E-state index contributed by atoms with van der Waals surface area (Å²) in [7, 11) is 0. The van der Waals surface area contributed by atoms with E-state index in [2.05, 4.69) is 9.97 Å². The van der Waals surface area contributed by atoms with Crippen molar-refractivity contribution in [2.75, 3.05) is 0 Å². The Balaban J connectivity index is 1.92. The predicted octanol–water partition coefficient (Wildman–Crippen LogP) is 4.60. The van der Waals surface area contributed by atoms with E-state index in [0.717, 1.165) is 22.7 Å². The lowest BCUT2D eigenvalue weighted by Gasteiger charge is -1.99. The Bertz CT molecular complexity index is 828. The van der Waals surface area contributed by atoms with Crippen LogP contribution in [0.3, 0.4) is 0 Å². The van der Waals surface area contributed by atoms with Gasteiger partial charge in [-0.05, 0) is 24.3 Å². The fraction of sp³-hybridized carbons (Fsp3) is 0. The molecule has 0 radical (unpaired) electrons. The zero-order valence-corrected chi connectivity index (χ0v) is 11.1. The molecule has 4 heteroatoms. The maximum absolute atomic E-state index is 5.51. The molecule has 0 fully saturated rings. The summed E-state index contributed by atoms with van der Waals surface area (Å²) in [5.41, 5.74) is 2.72. The molecule has 0 bridgehead atoms. The average Bonchev–Trinajstić information content (AvgIpc) is 3.27. The van der Waals surface area contributed by atoms with Crippen LogP contribution in [0.5, 0.6) is 0 Å². The molecular weight excluding hydrogens is 264 g/mol. The zero-order chi connectivity index (χ0) is 14.1. The number of nitrogens with one attached hydrogen (secondary N) is 1. The Kier molecular flexibility index (Phi) is 2.71. The summed E-state index contributed by atoms with van der Waals surface area (Å²) < 4.78 is 10.9. The quantitative estimate of drug-likeness (QED) is 0.595. The molecule has 0 saturated heterocycles. The highest BCUT2D eigenvalue weighted by Gasteiger charge is 2.17. The molecule has 0 spiro atoms. The van der Waals surface area contributed by atoms with Crippen molar-refractivity contribution in [2.45, 2.75) is 0 Å². The SMILES string of the molecule is c1ccc(-c2nc(-c3ccco3)[nH]c2-c2ccco2)cc1. The number of furan rings is 2. The van der Waals surface area contributed by atoms with Gasteiger partial charge in [-0.3, -0.25) is 0 Å². The van der Waals surface area contributed by atoms with Gasteiger partial charge in [0, 0.05) is 5.56 Å². The number of aromatic amines is 1. The van der Waals surface area contributed by atoms with E-state index in [1.54, 1.807) is 12.5 Å². The minimum absolute atomic E-state index is 0.685. The first kappa shape index (κ1) is 11.8. The highest BCUT2D eigenvalue weighted by molar-refractivity contribution is 5.78. The first-order valence-corrected chi connectivity index (χ1v) is 6.65. The highest BCUT2D eigenvalue weighted by Crippen LogP contribution is 2.33. The molecule has 0 aliphatic carbocycles. The third-order valence-corrected chi connectivity index (χ3v) is 3.27. The van der Waals surface area contributed by atoms with Crippen molar-refractivity contribution in [3.8, 4) is 34.3 Å². The van der Waals surface area contributed by atoms with Gasteiger partial charge in [0.05, 0.1) is 12.5 Å². The Labute approximate surface area is 121 Å². The minimum atomic E-state index is 0.685. The van der Waals surface area contributed by atoms with Crippen LogP contribution in [0.15, 0.2) is 76.0 Å². The summed E-state index contributed by atoms with van der Waals surface area (Å²) in [5.74, 6) is 2.13. The summed E-state index contributed by atoms with van der Waals surface area (Å²) in [6, 6.07) is 17.5. The minimum Gasteiger partial charge on any atom is -0.463 e. The molecule has 3 aromatic heterocycles. The molecular formula is C17H12N2O2. The molecule has 3 heterocycles. The van der Waals surface area contributed by atoms with Gasteiger partial charge in [0.1, 0.15) is 11.4 Å². The average molecular weight is 276 g/mol. The van der Waals surface area contributed by atoms with Gasteiger partial charge >= 0.3 is 0 Å². The van der Waals surface area contributed by atoms with Gasteiger partial charge in [-0.15, -0.1) is 0 Å². The van der Waals surface area contributed by atoms with E-state index in [1.807, 2.05) is 54.6 Å².